The summed E-state index contributed by atoms with van der Waals surface area (Å²) in [5, 5.41) is 1.95. The zero-order chi connectivity index (χ0) is 22.4. The van der Waals surface area contributed by atoms with Crippen molar-refractivity contribution in [3.8, 4) is 0 Å². The van der Waals surface area contributed by atoms with Gasteiger partial charge in [-0.1, -0.05) is 34.9 Å². The van der Waals surface area contributed by atoms with Crippen molar-refractivity contribution in [1.29, 1.82) is 0 Å². The van der Waals surface area contributed by atoms with Crippen molar-refractivity contribution in [2.45, 2.75) is 85.8 Å². The Morgan fingerprint density at radius 1 is 1.00 bits per heavy atom. The van der Waals surface area contributed by atoms with Crippen LogP contribution in [0.5, 0.6) is 0 Å². The van der Waals surface area contributed by atoms with E-state index in [1.54, 1.807) is 32.5 Å². The van der Waals surface area contributed by atoms with Crippen LogP contribution in [0.1, 0.15) is 74.1 Å². The first-order valence-electron chi connectivity index (χ1n) is 10.1. The average molecular weight is 444 g/mol. The third kappa shape index (κ3) is 17.4. The van der Waals surface area contributed by atoms with E-state index in [1.807, 2.05) is 0 Å². The number of halogens is 1. The summed E-state index contributed by atoms with van der Waals surface area (Å²) in [4.78, 5) is 23.4. The fraction of sp³-hybridized carbons (Fsp3) is 0.652. The van der Waals surface area contributed by atoms with Crippen LogP contribution >= 0.6 is 23.4 Å². The number of thioether (sulfide) groups is 1. The normalized spacial score (nSPS) is 13.7. The Labute approximate surface area is 186 Å². The third-order valence-corrected chi connectivity index (χ3v) is 5.16. The van der Waals surface area contributed by atoms with Crippen molar-refractivity contribution < 1.29 is 14.3 Å². The van der Waals surface area contributed by atoms with Gasteiger partial charge < -0.3 is 10.1 Å². The molecule has 0 fully saturated rings. The van der Waals surface area contributed by atoms with E-state index < -0.39 is 23.0 Å². The predicted molar refractivity (Wildman–Crippen MR) is 127 cm³/mol. The number of allylic oxidation sites excluding steroid dienone is 5. The molecule has 1 atom stereocenters. The molecule has 0 aliphatic rings. The Morgan fingerprint density at radius 3 is 2.07 bits per heavy atom. The molecule has 1 amide bonds. The molecular weight excluding hydrogens is 406 g/mol. The molecule has 0 aromatic rings. The second-order valence-corrected chi connectivity index (χ2v) is 9.95. The topological polar surface area (TPSA) is 55.4 Å². The standard InChI is InChI=1S/C23H38ClNO3S/c1-17(2)10-8-11-18(3)12-9-13-19(4)14-15-29-16-20(21(24)26)25-22(27)28-23(5,6)7/h10,12,14,20H,8-9,11,13,15-16H2,1-7H3,(H,25,27)/b18-12+,19-14+/t20-/m0/s1. The quantitative estimate of drug-likeness (QED) is 0.205. The van der Waals surface area contributed by atoms with E-state index in [1.165, 1.54) is 16.7 Å². The number of carbonyl (C=O) groups is 2. The monoisotopic (exact) mass is 443 g/mol. The summed E-state index contributed by atoms with van der Waals surface area (Å²) in [6.45, 7) is 13.9. The van der Waals surface area contributed by atoms with Gasteiger partial charge in [0, 0.05) is 11.5 Å². The van der Waals surface area contributed by atoms with E-state index in [0.29, 0.717) is 5.75 Å². The molecule has 0 saturated carbocycles. The number of ether oxygens (including phenoxy) is 1. The molecule has 0 aromatic carbocycles. The SMILES string of the molecule is CC(C)=CCC/C(C)=C/CC/C(C)=C/CSC[C@H](NC(=O)OC(C)(C)C)C(=O)Cl. The Morgan fingerprint density at radius 2 is 1.55 bits per heavy atom. The fourth-order valence-electron chi connectivity index (χ4n) is 2.34. The van der Waals surface area contributed by atoms with E-state index >= 15 is 0 Å². The molecule has 6 heteroatoms. The van der Waals surface area contributed by atoms with Crippen molar-refractivity contribution in [1.82, 2.24) is 5.32 Å². The van der Waals surface area contributed by atoms with Crippen molar-refractivity contribution in [2.24, 2.45) is 0 Å². The van der Waals surface area contributed by atoms with Gasteiger partial charge in [0.15, 0.2) is 0 Å². The maximum absolute atomic E-state index is 11.8. The lowest BCUT2D eigenvalue weighted by molar-refractivity contribution is -0.113. The summed E-state index contributed by atoms with van der Waals surface area (Å²) in [5.74, 6) is 1.18. The van der Waals surface area contributed by atoms with Gasteiger partial charge >= 0.3 is 6.09 Å². The molecule has 0 unspecified atom stereocenters. The fourth-order valence-corrected chi connectivity index (χ4v) is 3.57. The number of alkyl carbamates (subject to hydrolysis) is 1. The first-order chi connectivity index (χ1) is 13.4. The molecule has 0 radical (unpaired) electrons. The van der Waals surface area contributed by atoms with Crippen LogP contribution in [-0.2, 0) is 9.53 Å². The Bertz CT molecular complexity index is 614. The second kappa shape index (κ2) is 14.7. The Kier molecular flexibility index (Phi) is 14.1. The van der Waals surface area contributed by atoms with Crippen molar-refractivity contribution in [3.05, 3.63) is 34.9 Å². The average Bonchev–Trinajstić information content (AvgIpc) is 2.55. The highest BCUT2D eigenvalue weighted by Crippen LogP contribution is 2.14. The highest BCUT2D eigenvalue weighted by molar-refractivity contribution is 7.99. The van der Waals surface area contributed by atoms with Crippen LogP contribution in [0.15, 0.2) is 34.9 Å². The predicted octanol–water partition coefficient (Wildman–Crippen LogP) is 6.80. The number of nitrogens with one attached hydrogen (secondary N) is 1. The Balaban J connectivity index is 4.25. The van der Waals surface area contributed by atoms with Crippen LogP contribution in [0.2, 0.25) is 0 Å². The third-order valence-electron chi connectivity index (χ3n) is 3.92. The van der Waals surface area contributed by atoms with E-state index in [4.69, 9.17) is 16.3 Å². The lowest BCUT2D eigenvalue weighted by Crippen LogP contribution is -2.43. The summed E-state index contributed by atoms with van der Waals surface area (Å²) in [6.07, 6.45) is 10.4. The molecule has 0 aliphatic heterocycles. The lowest BCUT2D eigenvalue weighted by Gasteiger charge is -2.22. The largest absolute Gasteiger partial charge is 0.444 e. The summed E-state index contributed by atoms with van der Waals surface area (Å²) in [7, 11) is 0. The molecular formula is C23H38ClNO3S. The van der Waals surface area contributed by atoms with Crippen LogP contribution < -0.4 is 5.32 Å². The number of hydrogen-bond donors (Lipinski definition) is 1. The zero-order valence-corrected chi connectivity index (χ0v) is 20.6. The van der Waals surface area contributed by atoms with Gasteiger partial charge in [0.25, 0.3) is 0 Å². The summed E-state index contributed by atoms with van der Waals surface area (Å²) < 4.78 is 5.17. The molecule has 0 heterocycles. The maximum Gasteiger partial charge on any atom is 0.408 e. The van der Waals surface area contributed by atoms with Crippen LogP contribution in [-0.4, -0.2) is 34.5 Å². The molecule has 0 bridgehead atoms. The van der Waals surface area contributed by atoms with Crippen LogP contribution in [0.4, 0.5) is 4.79 Å². The van der Waals surface area contributed by atoms with Crippen molar-refractivity contribution >= 4 is 34.7 Å². The minimum atomic E-state index is -0.753. The van der Waals surface area contributed by atoms with Gasteiger partial charge in [0.05, 0.1) is 0 Å². The zero-order valence-electron chi connectivity index (χ0n) is 19.1. The molecule has 29 heavy (non-hydrogen) atoms. The van der Waals surface area contributed by atoms with Crippen LogP contribution in [0.3, 0.4) is 0 Å². The van der Waals surface area contributed by atoms with Gasteiger partial charge in [-0.05, 0) is 85.8 Å². The molecule has 0 saturated heterocycles. The molecule has 0 rings (SSSR count). The van der Waals surface area contributed by atoms with Gasteiger partial charge in [-0.2, -0.15) is 11.8 Å². The number of carbonyl (C=O) groups excluding carboxylic acids is 2. The minimum absolute atomic E-state index is 0.411. The van der Waals surface area contributed by atoms with Gasteiger partial charge in [-0.15, -0.1) is 0 Å². The van der Waals surface area contributed by atoms with E-state index in [9.17, 15) is 9.59 Å². The highest BCUT2D eigenvalue weighted by Gasteiger charge is 2.22. The number of rotatable bonds is 12. The Hall–Kier alpha value is -1.20. The molecule has 0 aliphatic carbocycles. The number of amides is 1. The summed E-state index contributed by atoms with van der Waals surface area (Å²) in [5.41, 5.74) is 3.50. The van der Waals surface area contributed by atoms with Crippen LogP contribution in [0, 0.1) is 0 Å². The van der Waals surface area contributed by atoms with Crippen molar-refractivity contribution in [2.75, 3.05) is 11.5 Å². The van der Waals surface area contributed by atoms with Crippen LogP contribution in [0.25, 0.3) is 0 Å². The van der Waals surface area contributed by atoms with E-state index in [2.05, 4.69) is 51.2 Å². The van der Waals surface area contributed by atoms with Gasteiger partial charge in [0.2, 0.25) is 5.24 Å². The van der Waals surface area contributed by atoms with Crippen molar-refractivity contribution in [3.63, 3.8) is 0 Å². The maximum atomic E-state index is 11.8. The number of hydrogen-bond acceptors (Lipinski definition) is 4. The van der Waals surface area contributed by atoms with E-state index in [-0.39, 0.29) is 0 Å². The molecule has 0 aromatic heterocycles. The lowest BCUT2D eigenvalue weighted by atomic mass is 10.1. The van der Waals surface area contributed by atoms with E-state index in [0.717, 1.165) is 31.4 Å². The molecule has 0 spiro atoms. The first-order valence-corrected chi connectivity index (χ1v) is 11.6. The summed E-state index contributed by atoms with van der Waals surface area (Å²) >= 11 is 7.16. The molecule has 4 nitrogen and oxygen atoms in total. The summed E-state index contributed by atoms with van der Waals surface area (Å²) in [6, 6.07) is -0.753. The smallest absolute Gasteiger partial charge is 0.408 e. The van der Waals surface area contributed by atoms with Gasteiger partial charge in [-0.3, -0.25) is 4.79 Å². The molecule has 1 N–H and O–H groups in total. The van der Waals surface area contributed by atoms with Gasteiger partial charge in [0.1, 0.15) is 11.6 Å². The second-order valence-electron chi connectivity index (χ2n) is 8.50. The molecule has 166 valence electrons. The van der Waals surface area contributed by atoms with Gasteiger partial charge in [-0.25, -0.2) is 4.79 Å². The highest BCUT2D eigenvalue weighted by atomic mass is 35.5. The first kappa shape index (κ1) is 27.8. The minimum Gasteiger partial charge on any atom is -0.444 e.